The van der Waals surface area contributed by atoms with Crippen molar-refractivity contribution in [3.8, 4) is 0 Å². The second-order valence-electron chi connectivity index (χ2n) is 6.13. The Kier molecular flexibility index (Phi) is 13.6. The lowest BCUT2D eigenvalue weighted by Crippen LogP contribution is -2.21. The highest BCUT2D eigenvalue weighted by molar-refractivity contribution is 5.75. The number of hydrogen-bond acceptors (Lipinski definition) is 1. The summed E-state index contributed by atoms with van der Waals surface area (Å²) in [6, 6.07) is 0. The van der Waals surface area contributed by atoms with Crippen molar-refractivity contribution < 1.29 is 4.79 Å². The van der Waals surface area contributed by atoms with Crippen molar-refractivity contribution in [1.82, 2.24) is 5.32 Å². The first kappa shape index (κ1) is 20.2. The maximum Gasteiger partial charge on any atom is 0.220 e. The van der Waals surface area contributed by atoms with Crippen LogP contribution in [-0.4, -0.2) is 5.91 Å². The summed E-state index contributed by atoms with van der Waals surface area (Å²) in [5.74, 6) is 0.0879. The van der Waals surface area contributed by atoms with Crippen LogP contribution in [0.25, 0.3) is 0 Å². The average Bonchev–Trinajstić information content (AvgIpc) is 2.45. The third-order valence-electron chi connectivity index (χ3n) is 3.95. The summed E-state index contributed by atoms with van der Waals surface area (Å²) in [7, 11) is 0. The summed E-state index contributed by atoms with van der Waals surface area (Å²) in [6.45, 7) is 8.35. The molecule has 2 heteroatoms. The molecule has 0 atom stereocenters. The Morgan fingerprint density at radius 2 is 1.14 bits per heavy atom. The van der Waals surface area contributed by atoms with E-state index in [-0.39, 0.29) is 5.91 Å². The lowest BCUT2D eigenvalue weighted by atomic mass is 9.96. The van der Waals surface area contributed by atoms with Crippen LogP contribution in [0.15, 0.2) is 11.3 Å². The van der Waals surface area contributed by atoms with Gasteiger partial charge in [-0.25, -0.2) is 0 Å². The first-order valence-corrected chi connectivity index (χ1v) is 9.14. The number of carbonyl (C=O) groups excluding carboxylic acids is 1. The lowest BCUT2D eigenvalue weighted by Gasteiger charge is -2.16. The van der Waals surface area contributed by atoms with E-state index in [9.17, 15) is 4.79 Å². The number of amides is 1. The Morgan fingerprint density at radius 3 is 1.52 bits per heavy atom. The topological polar surface area (TPSA) is 29.1 Å². The highest BCUT2D eigenvalue weighted by Crippen LogP contribution is 2.22. The minimum absolute atomic E-state index is 0.0879. The Labute approximate surface area is 132 Å². The molecule has 0 aromatic heterocycles. The Hall–Kier alpha value is -0.790. The molecule has 0 aliphatic rings. The number of allylic oxidation sites excluding steroid dienone is 2. The van der Waals surface area contributed by atoms with Gasteiger partial charge in [-0.3, -0.25) is 4.79 Å². The van der Waals surface area contributed by atoms with Gasteiger partial charge in [0.1, 0.15) is 0 Å². The summed E-state index contributed by atoms with van der Waals surface area (Å²) in [6.07, 6.45) is 14.7. The number of unbranched alkanes of at least 4 members (excludes halogenated alkanes) is 6. The van der Waals surface area contributed by atoms with Gasteiger partial charge < -0.3 is 5.32 Å². The molecular weight excluding hydrogens is 258 g/mol. The summed E-state index contributed by atoms with van der Waals surface area (Å²) in [4.78, 5) is 11.5. The van der Waals surface area contributed by atoms with Gasteiger partial charge in [0.05, 0.1) is 0 Å². The fraction of sp³-hybridized carbons (Fsp3) is 0.842. The molecule has 0 heterocycles. The van der Waals surface area contributed by atoms with Gasteiger partial charge in [-0.05, 0) is 38.5 Å². The van der Waals surface area contributed by atoms with Crippen LogP contribution in [0.5, 0.6) is 0 Å². The van der Waals surface area contributed by atoms with Crippen LogP contribution in [0.1, 0.15) is 105 Å². The summed E-state index contributed by atoms with van der Waals surface area (Å²) in [5, 5.41) is 3.13. The highest BCUT2D eigenvalue weighted by atomic mass is 16.1. The molecule has 0 aromatic carbocycles. The van der Waals surface area contributed by atoms with Crippen LogP contribution in [0.4, 0.5) is 0 Å². The number of carbonyl (C=O) groups is 1. The molecule has 0 bridgehead atoms. The SMILES string of the molecule is CCCCCC(CCCCC)=C(CCCCC)NC(C)=O. The van der Waals surface area contributed by atoms with E-state index in [0.29, 0.717) is 0 Å². The van der Waals surface area contributed by atoms with E-state index in [1.165, 1.54) is 81.9 Å². The van der Waals surface area contributed by atoms with Gasteiger partial charge in [0.25, 0.3) is 0 Å². The second-order valence-corrected chi connectivity index (χ2v) is 6.13. The first-order chi connectivity index (χ1) is 10.2. The van der Waals surface area contributed by atoms with Crippen LogP contribution in [0.3, 0.4) is 0 Å². The molecule has 0 aromatic rings. The number of nitrogens with one attached hydrogen (secondary N) is 1. The summed E-state index contributed by atoms with van der Waals surface area (Å²) >= 11 is 0. The summed E-state index contributed by atoms with van der Waals surface area (Å²) < 4.78 is 0. The maximum absolute atomic E-state index is 11.5. The molecule has 0 fully saturated rings. The molecule has 1 N–H and O–H groups in total. The molecule has 0 rings (SSSR count). The molecule has 0 spiro atoms. The van der Waals surface area contributed by atoms with Gasteiger partial charge in [-0.15, -0.1) is 0 Å². The molecule has 1 amide bonds. The molecular formula is C19H37NO. The molecule has 0 unspecified atom stereocenters. The number of rotatable bonds is 13. The minimum Gasteiger partial charge on any atom is -0.330 e. The Bertz CT molecular complexity index is 282. The molecule has 124 valence electrons. The van der Waals surface area contributed by atoms with Gasteiger partial charge in [0.15, 0.2) is 0 Å². The van der Waals surface area contributed by atoms with Crippen LogP contribution >= 0.6 is 0 Å². The quantitative estimate of drug-likeness (QED) is 0.408. The molecule has 2 nitrogen and oxygen atoms in total. The maximum atomic E-state index is 11.5. The van der Waals surface area contributed by atoms with Crippen LogP contribution in [0, 0.1) is 0 Å². The van der Waals surface area contributed by atoms with Crippen molar-refractivity contribution in [2.45, 2.75) is 105 Å². The normalized spacial score (nSPS) is 10.5. The Balaban J connectivity index is 4.78. The fourth-order valence-corrected chi connectivity index (χ4v) is 2.70. The van der Waals surface area contributed by atoms with Crippen molar-refractivity contribution >= 4 is 5.91 Å². The first-order valence-electron chi connectivity index (χ1n) is 9.14. The second kappa shape index (κ2) is 14.2. The molecule has 21 heavy (non-hydrogen) atoms. The van der Waals surface area contributed by atoms with Crippen LogP contribution in [0.2, 0.25) is 0 Å². The monoisotopic (exact) mass is 295 g/mol. The van der Waals surface area contributed by atoms with Gasteiger partial charge in [-0.1, -0.05) is 64.9 Å². The minimum atomic E-state index is 0.0879. The predicted molar refractivity (Wildman–Crippen MR) is 93.3 cm³/mol. The third kappa shape index (κ3) is 11.5. The standard InChI is InChI=1S/C19H37NO/c1-5-8-11-14-18(15-12-9-6-2)19(20-17(4)21)16-13-10-7-3/h5-16H2,1-4H3,(H,20,21). The summed E-state index contributed by atoms with van der Waals surface area (Å²) in [5.41, 5.74) is 2.76. The van der Waals surface area contributed by atoms with Gasteiger partial charge in [0, 0.05) is 12.6 Å². The molecule has 0 saturated carbocycles. The van der Waals surface area contributed by atoms with E-state index in [2.05, 4.69) is 26.1 Å². The molecule has 0 aliphatic carbocycles. The highest BCUT2D eigenvalue weighted by Gasteiger charge is 2.09. The molecule has 0 radical (unpaired) electrons. The van der Waals surface area contributed by atoms with E-state index < -0.39 is 0 Å². The van der Waals surface area contributed by atoms with Crippen molar-refractivity contribution in [3.05, 3.63) is 11.3 Å². The zero-order valence-corrected chi connectivity index (χ0v) is 14.9. The molecule has 0 aliphatic heterocycles. The Morgan fingerprint density at radius 1 is 0.714 bits per heavy atom. The predicted octanol–water partition coefficient (Wildman–Crippen LogP) is 6.12. The number of hydrogen-bond donors (Lipinski definition) is 1. The van der Waals surface area contributed by atoms with Crippen LogP contribution in [-0.2, 0) is 4.79 Å². The third-order valence-corrected chi connectivity index (χ3v) is 3.95. The van der Waals surface area contributed by atoms with E-state index >= 15 is 0 Å². The van der Waals surface area contributed by atoms with E-state index in [4.69, 9.17) is 0 Å². The largest absolute Gasteiger partial charge is 0.330 e. The zero-order valence-electron chi connectivity index (χ0n) is 14.9. The van der Waals surface area contributed by atoms with Crippen molar-refractivity contribution in [3.63, 3.8) is 0 Å². The van der Waals surface area contributed by atoms with Crippen molar-refractivity contribution in [2.24, 2.45) is 0 Å². The van der Waals surface area contributed by atoms with Crippen LogP contribution < -0.4 is 5.32 Å². The van der Waals surface area contributed by atoms with Gasteiger partial charge >= 0.3 is 0 Å². The van der Waals surface area contributed by atoms with Crippen molar-refractivity contribution in [1.29, 1.82) is 0 Å². The van der Waals surface area contributed by atoms with Gasteiger partial charge in [-0.2, -0.15) is 0 Å². The van der Waals surface area contributed by atoms with E-state index in [1.807, 2.05) is 0 Å². The lowest BCUT2D eigenvalue weighted by molar-refractivity contribution is -0.118. The van der Waals surface area contributed by atoms with E-state index in [0.717, 1.165) is 6.42 Å². The molecule has 0 saturated heterocycles. The fourth-order valence-electron chi connectivity index (χ4n) is 2.70. The van der Waals surface area contributed by atoms with E-state index in [1.54, 1.807) is 6.92 Å². The smallest absolute Gasteiger partial charge is 0.220 e. The van der Waals surface area contributed by atoms with Gasteiger partial charge in [0.2, 0.25) is 5.91 Å². The van der Waals surface area contributed by atoms with Crippen molar-refractivity contribution in [2.75, 3.05) is 0 Å². The zero-order chi connectivity index (χ0) is 15.9. The average molecular weight is 296 g/mol.